The van der Waals surface area contributed by atoms with Gasteiger partial charge in [-0.25, -0.2) is 4.39 Å². The van der Waals surface area contributed by atoms with Gasteiger partial charge in [0.1, 0.15) is 42.1 Å². The number of hydrogen-bond donors (Lipinski definition) is 7. The van der Waals surface area contributed by atoms with Crippen LogP contribution in [0.4, 0.5) is 10.1 Å². The average Bonchev–Trinajstić information content (AvgIpc) is 3.42. The van der Waals surface area contributed by atoms with E-state index >= 15 is 0 Å². The minimum Gasteiger partial charge on any atom is -0.508 e. The number of nitrogens with one attached hydrogen (secondary N) is 1. The van der Waals surface area contributed by atoms with Crippen LogP contribution >= 0.6 is 12.2 Å². The van der Waals surface area contributed by atoms with Gasteiger partial charge in [0, 0.05) is 11.3 Å². The van der Waals surface area contributed by atoms with Gasteiger partial charge in [-0.05, 0) is 77.6 Å². The van der Waals surface area contributed by atoms with Crippen molar-refractivity contribution >= 4 is 23.0 Å². The van der Waals surface area contributed by atoms with Crippen molar-refractivity contribution in [3.8, 4) is 16.9 Å². The molecule has 11 heteroatoms. The van der Waals surface area contributed by atoms with Gasteiger partial charge in [-0.3, -0.25) is 0 Å². The van der Waals surface area contributed by atoms with Crippen molar-refractivity contribution in [2.75, 3.05) is 11.5 Å². The topological polar surface area (TPSA) is 146 Å². The lowest BCUT2D eigenvalue weighted by Crippen LogP contribution is -2.55. The molecule has 0 saturated carbocycles. The number of rotatable bonds is 9. The zero-order valence-corrected chi connectivity index (χ0v) is 26.1. The van der Waals surface area contributed by atoms with E-state index in [9.17, 15) is 35.0 Å². The van der Waals surface area contributed by atoms with Gasteiger partial charge in [0.25, 0.3) is 0 Å². The van der Waals surface area contributed by atoms with Crippen LogP contribution in [0.1, 0.15) is 47.8 Å². The molecule has 6 rings (SSSR count). The normalized spacial score (nSPS) is 26.6. The first-order valence-electron chi connectivity index (χ1n) is 15.5. The fourth-order valence-corrected chi connectivity index (χ4v) is 6.84. The molecule has 2 fully saturated rings. The zero-order chi connectivity index (χ0) is 33.2. The van der Waals surface area contributed by atoms with E-state index in [1.165, 1.54) is 12.1 Å². The van der Waals surface area contributed by atoms with Crippen molar-refractivity contribution in [2.24, 2.45) is 0 Å². The Kier molecular flexibility index (Phi) is 9.85. The van der Waals surface area contributed by atoms with Crippen molar-refractivity contribution in [1.82, 2.24) is 5.32 Å². The van der Waals surface area contributed by atoms with Crippen LogP contribution in [0.15, 0.2) is 97.1 Å². The third-order valence-electron chi connectivity index (χ3n) is 9.04. The number of aromatic hydroxyl groups is 1. The number of benzene rings is 4. The highest BCUT2D eigenvalue weighted by Crippen LogP contribution is 2.42. The summed E-state index contributed by atoms with van der Waals surface area (Å²) in [6.45, 7) is -0.510. The summed E-state index contributed by atoms with van der Waals surface area (Å²) in [4.78, 5) is 1.97. The number of phenolic OH excluding ortho intramolecular Hbond substituents is 1. The summed E-state index contributed by atoms with van der Waals surface area (Å²) in [5, 5.41) is 66.6. The molecule has 8 atom stereocenters. The van der Waals surface area contributed by atoms with E-state index in [1.54, 1.807) is 42.5 Å². The van der Waals surface area contributed by atoms with E-state index in [4.69, 9.17) is 17.0 Å². The molecule has 2 heterocycles. The number of halogens is 1. The number of hydrogen-bond acceptors (Lipinski definition) is 8. The highest BCUT2D eigenvalue weighted by atomic mass is 32.1. The number of para-hydroxylation sites is 1. The van der Waals surface area contributed by atoms with Crippen molar-refractivity contribution in [3.63, 3.8) is 0 Å². The molecule has 0 unspecified atom stereocenters. The van der Waals surface area contributed by atoms with Crippen molar-refractivity contribution < 1.29 is 39.8 Å². The highest BCUT2D eigenvalue weighted by Gasteiger charge is 2.44. The lowest BCUT2D eigenvalue weighted by molar-refractivity contribution is -0.231. The number of ether oxygens (including phenoxy) is 1. The fraction of sp³-hybridized carbons (Fsp3) is 0.306. The standard InChI is InChI=1S/C36H37FN2O7S/c37-24-13-10-21(11-14-24)28(41)17-16-27-31(39(36(47)38-27)25-4-2-1-3-5-25)26-15-12-23(18-29(26)42)20-6-8-22(9-7-20)35-34(45)33(44)32(43)30(19-40)46-35/h1-15,18,27-28,30-35,40-45H,16-17,19H2,(H,38,47)/t27-,28-,30+,31+,32+,33-,34+,35-/m0/s1. The SMILES string of the molecule is OC[C@H]1O[C@@H](c2ccc(-c3ccc([C@@H]4[C@H](CC[C@H](O)c5ccc(F)cc5)NC(=S)N4c4ccccc4)c(O)c3)cc2)[C@H](O)[C@@H](O)[C@@H]1O. The quantitative estimate of drug-likeness (QED) is 0.131. The Bertz CT molecular complexity index is 1680. The summed E-state index contributed by atoms with van der Waals surface area (Å²) in [6.07, 6.45) is -6.17. The number of anilines is 1. The van der Waals surface area contributed by atoms with Crippen LogP contribution in [0, 0.1) is 5.82 Å². The van der Waals surface area contributed by atoms with Crippen molar-refractivity contribution in [2.45, 2.75) is 61.5 Å². The van der Waals surface area contributed by atoms with Crippen molar-refractivity contribution in [1.29, 1.82) is 0 Å². The first-order valence-corrected chi connectivity index (χ1v) is 15.9. The monoisotopic (exact) mass is 660 g/mol. The van der Waals surface area contributed by atoms with Gasteiger partial charge in [0.05, 0.1) is 24.8 Å². The second-order valence-electron chi connectivity index (χ2n) is 12.0. The van der Waals surface area contributed by atoms with E-state index in [2.05, 4.69) is 5.32 Å². The van der Waals surface area contributed by atoms with Gasteiger partial charge < -0.3 is 45.6 Å². The Hall–Kier alpha value is -3.94. The maximum atomic E-state index is 13.4. The van der Waals surface area contributed by atoms with Gasteiger partial charge in [-0.15, -0.1) is 0 Å². The molecule has 0 radical (unpaired) electrons. The molecule has 0 bridgehead atoms. The van der Waals surface area contributed by atoms with Crippen LogP contribution in [-0.4, -0.2) is 72.8 Å². The van der Waals surface area contributed by atoms with E-state index in [0.717, 1.165) is 16.8 Å². The molecule has 2 aliphatic rings. The van der Waals surface area contributed by atoms with E-state index in [-0.39, 0.29) is 17.6 Å². The first-order chi connectivity index (χ1) is 22.7. The van der Waals surface area contributed by atoms with Gasteiger partial charge in [0.15, 0.2) is 5.11 Å². The van der Waals surface area contributed by atoms with Gasteiger partial charge in [-0.2, -0.15) is 0 Å². The molecule has 0 aromatic heterocycles. The van der Waals surface area contributed by atoms with Crippen LogP contribution in [0.2, 0.25) is 0 Å². The fourth-order valence-electron chi connectivity index (χ4n) is 6.47. The van der Waals surface area contributed by atoms with Crippen LogP contribution in [0.3, 0.4) is 0 Å². The minimum absolute atomic E-state index is 0.0574. The maximum Gasteiger partial charge on any atom is 0.174 e. The van der Waals surface area contributed by atoms with Crippen molar-refractivity contribution in [3.05, 3.63) is 120 Å². The largest absolute Gasteiger partial charge is 0.508 e. The smallest absolute Gasteiger partial charge is 0.174 e. The van der Waals surface area contributed by atoms with Crippen LogP contribution in [-0.2, 0) is 4.74 Å². The number of phenols is 1. The molecule has 4 aromatic rings. The van der Waals surface area contributed by atoms with E-state index in [0.29, 0.717) is 34.6 Å². The number of nitrogens with zero attached hydrogens (tertiary/aromatic N) is 1. The van der Waals surface area contributed by atoms with Gasteiger partial charge in [0.2, 0.25) is 0 Å². The molecule has 4 aromatic carbocycles. The Morgan fingerprint density at radius 3 is 2.19 bits per heavy atom. The van der Waals surface area contributed by atoms with Gasteiger partial charge >= 0.3 is 0 Å². The van der Waals surface area contributed by atoms with Gasteiger partial charge in [-0.1, -0.05) is 66.7 Å². The summed E-state index contributed by atoms with van der Waals surface area (Å²) < 4.78 is 19.1. The summed E-state index contributed by atoms with van der Waals surface area (Å²) in [6, 6.07) is 27.2. The second kappa shape index (κ2) is 14.0. The lowest BCUT2D eigenvalue weighted by Gasteiger charge is -2.40. The zero-order valence-electron chi connectivity index (χ0n) is 25.3. The summed E-state index contributed by atoms with van der Waals surface area (Å²) >= 11 is 5.77. The summed E-state index contributed by atoms with van der Waals surface area (Å²) in [5.74, 6) is -0.312. The Balaban J connectivity index is 1.25. The highest BCUT2D eigenvalue weighted by molar-refractivity contribution is 7.80. The van der Waals surface area contributed by atoms with Crippen LogP contribution in [0.5, 0.6) is 5.75 Å². The number of thiocarbonyl (C=S) groups is 1. The van der Waals surface area contributed by atoms with Crippen LogP contribution < -0.4 is 10.2 Å². The van der Waals surface area contributed by atoms with E-state index < -0.39 is 49.3 Å². The molecule has 246 valence electrons. The third kappa shape index (κ3) is 6.74. The average molecular weight is 661 g/mol. The molecule has 0 amide bonds. The molecule has 9 nitrogen and oxygen atoms in total. The Morgan fingerprint density at radius 1 is 0.851 bits per heavy atom. The minimum atomic E-state index is -1.47. The van der Waals surface area contributed by atoms with E-state index in [1.807, 2.05) is 47.4 Å². The second-order valence-corrected chi connectivity index (χ2v) is 12.4. The first kappa shape index (κ1) is 33.0. The molecule has 2 aliphatic heterocycles. The van der Waals surface area contributed by atoms with Crippen LogP contribution in [0.25, 0.3) is 11.1 Å². The summed E-state index contributed by atoms with van der Waals surface area (Å²) in [7, 11) is 0. The number of aliphatic hydroxyl groups is 5. The molecular formula is C36H37FN2O7S. The Labute approximate surface area is 277 Å². The predicted molar refractivity (Wildman–Crippen MR) is 178 cm³/mol. The molecular weight excluding hydrogens is 623 g/mol. The molecule has 2 saturated heterocycles. The Morgan fingerprint density at radius 2 is 1.53 bits per heavy atom. The predicted octanol–water partition coefficient (Wildman–Crippen LogP) is 4.03. The number of aliphatic hydroxyl groups excluding tert-OH is 5. The molecule has 0 spiro atoms. The molecule has 0 aliphatic carbocycles. The lowest BCUT2D eigenvalue weighted by atomic mass is 9.90. The third-order valence-corrected chi connectivity index (χ3v) is 9.36. The molecule has 47 heavy (non-hydrogen) atoms. The maximum absolute atomic E-state index is 13.4. The molecule has 7 N–H and O–H groups in total. The summed E-state index contributed by atoms with van der Waals surface area (Å²) in [5.41, 5.74) is 4.18.